The Balaban J connectivity index is 1.84. The average molecular weight is 452 g/mol. The molecule has 8 heteroatoms. The quantitative estimate of drug-likeness (QED) is 0.775. The minimum absolute atomic E-state index is 0.121. The summed E-state index contributed by atoms with van der Waals surface area (Å²) >= 11 is 3.30. The summed E-state index contributed by atoms with van der Waals surface area (Å²) < 4.78 is 38.6. The van der Waals surface area contributed by atoms with Crippen LogP contribution in [0.2, 0.25) is 0 Å². The molecule has 2 aromatic rings. The maximum atomic E-state index is 13.3. The molecule has 2 aliphatic rings. The number of methoxy groups -OCH3 is 1. The van der Waals surface area contributed by atoms with Crippen LogP contribution in [0.1, 0.15) is 24.8 Å². The Kier molecular flexibility index (Phi) is 4.23. The number of piperidine rings is 1. The van der Waals surface area contributed by atoms with Gasteiger partial charge in [-0.1, -0.05) is 22.0 Å². The summed E-state index contributed by atoms with van der Waals surface area (Å²) in [4.78, 5) is 13.0. The minimum atomic E-state index is -3.88. The first-order valence-electron chi connectivity index (χ1n) is 8.42. The number of nitrogens with one attached hydrogen (secondary N) is 1. The van der Waals surface area contributed by atoms with E-state index < -0.39 is 32.6 Å². The van der Waals surface area contributed by atoms with Crippen LogP contribution in [-0.2, 0) is 14.6 Å². The van der Waals surface area contributed by atoms with Crippen molar-refractivity contribution in [2.75, 3.05) is 7.11 Å². The molecule has 2 aliphatic heterocycles. The van der Waals surface area contributed by atoms with E-state index in [1.807, 2.05) is 0 Å². The molecule has 6 nitrogen and oxygen atoms in total. The maximum Gasteiger partial charge on any atom is 0.242 e. The lowest BCUT2D eigenvalue weighted by Crippen LogP contribution is -2.63. The molecular weight excluding hydrogens is 434 g/mol. The van der Waals surface area contributed by atoms with E-state index in [1.54, 1.807) is 44.4 Å². The number of hydrogen-bond donors (Lipinski definition) is 1. The lowest BCUT2D eigenvalue weighted by molar-refractivity contribution is -0.132. The summed E-state index contributed by atoms with van der Waals surface area (Å²) in [5.41, 5.74) is -0.249. The molecule has 0 radical (unpaired) electrons. The zero-order valence-electron chi connectivity index (χ0n) is 14.7. The number of ether oxygens (including phenoxy) is 2. The summed E-state index contributed by atoms with van der Waals surface area (Å²) in [6.07, 6.45) is 0.374. The van der Waals surface area contributed by atoms with Gasteiger partial charge in [0.05, 0.1) is 12.0 Å². The zero-order valence-corrected chi connectivity index (χ0v) is 17.1. The number of halogens is 1. The van der Waals surface area contributed by atoms with Gasteiger partial charge in [-0.2, -0.15) is 0 Å². The van der Waals surface area contributed by atoms with Gasteiger partial charge in [0.2, 0.25) is 5.91 Å². The van der Waals surface area contributed by atoms with Gasteiger partial charge in [-0.25, -0.2) is 8.42 Å². The van der Waals surface area contributed by atoms with Gasteiger partial charge in [-0.05, 0) is 42.8 Å². The number of sulfone groups is 1. The van der Waals surface area contributed by atoms with Crippen LogP contribution in [0.4, 0.5) is 0 Å². The predicted molar refractivity (Wildman–Crippen MR) is 103 cm³/mol. The SMILES string of the molecule is COc1ccc2c(c1)O[C@@]1(C)C[C@H]2[C@H](S(=O)(=O)c2ccc(Br)cc2)C(=O)N1. The summed E-state index contributed by atoms with van der Waals surface area (Å²) in [5.74, 6) is 0.0882. The highest BCUT2D eigenvalue weighted by Crippen LogP contribution is 2.48. The molecule has 0 spiro atoms. The van der Waals surface area contributed by atoms with Crippen molar-refractivity contribution in [2.24, 2.45) is 0 Å². The largest absolute Gasteiger partial charge is 0.497 e. The highest BCUT2D eigenvalue weighted by Gasteiger charge is 2.54. The fraction of sp³-hybridized carbons (Fsp3) is 0.316. The molecule has 2 bridgehead atoms. The van der Waals surface area contributed by atoms with Gasteiger partial charge in [0.25, 0.3) is 0 Å². The van der Waals surface area contributed by atoms with Gasteiger partial charge in [0.1, 0.15) is 11.5 Å². The molecule has 1 amide bonds. The molecule has 0 unspecified atom stereocenters. The number of hydrogen-bond acceptors (Lipinski definition) is 5. The Labute approximate surface area is 165 Å². The monoisotopic (exact) mass is 451 g/mol. The molecule has 2 aromatic carbocycles. The molecule has 0 aliphatic carbocycles. The Morgan fingerprint density at radius 2 is 1.93 bits per heavy atom. The number of amides is 1. The van der Waals surface area contributed by atoms with E-state index >= 15 is 0 Å². The lowest BCUT2D eigenvalue weighted by atomic mass is 9.81. The Bertz CT molecular complexity index is 1020. The third-order valence-corrected chi connectivity index (χ3v) is 7.72. The number of benzene rings is 2. The molecular formula is C19H18BrNO5S. The van der Waals surface area contributed by atoms with E-state index in [0.717, 1.165) is 4.47 Å². The summed E-state index contributed by atoms with van der Waals surface area (Å²) in [6, 6.07) is 11.6. The van der Waals surface area contributed by atoms with Crippen molar-refractivity contribution in [1.82, 2.24) is 5.32 Å². The van der Waals surface area contributed by atoms with Crippen molar-refractivity contribution in [3.63, 3.8) is 0 Å². The van der Waals surface area contributed by atoms with E-state index in [9.17, 15) is 13.2 Å². The van der Waals surface area contributed by atoms with Gasteiger partial charge < -0.3 is 14.8 Å². The molecule has 0 saturated carbocycles. The number of carbonyl (C=O) groups is 1. The van der Waals surface area contributed by atoms with Crippen molar-refractivity contribution in [1.29, 1.82) is 0 Å². The Morgan fingerprint density at radius 1 is 1.22 bits per heavy atom. The van der Waals surface area contributed by atoms with Crippen molar-refractivity contribution in [2.45, 2.75) is 35.1 Å². The van der Waals surface area contributed by atoms with Crippen LogP contribution < -0.4 is 14.8 Å². The first-order chi connectivity index (χ1) is 12.7. The molecule has 27 heavy (non-hydrogen) atoms. The third kappa shape index (κ3) is 3.00. The normalized spacial score (nSPS) is 26.6. The van der Waals surface area contributed by atoms with Crippen LogP contribution >= 0.6 is 15.9 Å². The summed E-state index contributed by atoms with van der Waals surface area (Å²) in [7, 11) is -2.33. The molecule has 3 atom stereocenters. The molecule has 1 saturated heterocycles. The first-order valence-corrected chi connectivity index (χ1v) is 10.8. The minimum Gasteiger partial charge on any atom is -0.497 e. The van der Waals surface area contributed by atoms with Gasteiger partial charge in [-0.15, -0.1) is 0 Å². The van der Waals surface area contributed by atoms with E-state index in [4.69, 9.17) is 9.47 Å². The van der Waals surface area contributed by atoms with Crippen LogP contribution in [0.25, 0.3) is 0 Å². The van der Waals surface area contributed by atoms with Crippen molar-refractivity contribution < 1.29 is 22.7 Å². The topological polar surface area (TPSA) is 81.7 Å². The van der Waals surface area contributed by atoms with E-state index in [-0.39, 0.29) is 4.90 Å². The third-order valence-electron chi connectivity index (χ3n) is 5.05. The van der Waals surface area contributed by atoms with Crippen LogP contribution in [-0.4, -0.2) is 32.4 Å². The van der Waals surface area contributed by atoms with Gasteiger partial charge in [-0.3, -0.25) is 4.79 Å². The van der Waals surface area contributed by atoms with E-state index in [2.05, 4.69) is 21.2 Å². The van der Waals surface area contributed by atoms with Crippen molar-refractivity contribution in [3.8, 4) is 11.5 Å². The second-order valence-electron chi connectivity index (χ2n) is 6.96. The average Bonchev–Trinajstić information content (AvgIpc) is 2.60. The van der Waals surface area contributed by atoms with E-state index in [1.165, 1.54) is 12.1 Å². The fourth-order valence-corrected chi connectivity index (χ4v) is 5.93. The number of carbonyl (C=O) groups excluding carboxylic acids is 1. The highest BCUT2D eigenvalue weighted by atomic mass is 79.9. The molecule has 0 aromatic heterocycles. The van der Waals surface area contributed by atoms with Crippen LogP contribution in [0, 0.1) is 0 Å². The second kappa shape index (κ2) is 6.24. The number of fused-ring (bicyclic) bond motifs is 4. The fourth-order valence-electron chi connectivity index (χ4n) is 3.84. The lowest BCUT2D eigenvalue weighted by Gasteiger charge is -2.46. The van der Waals surface area contributed by atoms with Crippen LogP contribution in [0.15, 0.2) is 51.8 Å². The standard InChI is InChI=1S/C19H18BrNO5S/c1-19-10-15(14-8-5-12(25-2)9-16(14)26-19)17(18(22)21-19)27(23,24)13-6-3-11(20)4-7-13/h3-9,15,17H,10H2,1-2H3,(H,21,22)/t15-,17+,19+/m1/s1. The number of rotatable bonds is 3. The van der Waals surface area contributed by atoms with Gasteiger partial charge >= 0.3 is 0 Å². The molecule has 142 valence electrons. The van der Waals surface area contributed by atoms with E-state index in [0.29, 0.717) is 23.5 Å². The first kappa shape index (κ1) is 18.3. The molecule has 1 fully saturated rings. The Morgan fingerprint density at radius 3 is 2.59 bits per heavy atom. The summed E-state index contributed by atoms with van der Waals surface area (Å²) in [5, 5.41) is 1.53. The molecule has 4 rings (SSSR count). The van der Waals surface area contributed by atoms with Crippen molar-refractivity contribution in [3.05, 3.63) is 52.5 Å². The van der Waals surface area contributed by atoms with Gasteiger partial charge in [0, 0.05) is 22.9 Å². The van der Waals surface area contributed by atoms with Crippen LogP contribution in [0.3, 0.4) is 0 Å². The Hall–Kier alpha value is -2.06. The predicted octanol–water partition coefficient (Wildman–Crippen LogP) is 3.01. The maximum absolute atomic E-state index is 13.3. The smallest absolute Gasteiger partial charge is 0.242 e. The van der Waals surface area contributed by atoms with Crippen molar-refractivity contribution >= 4 is 31.7 Å². The highest BCUT2D eigenvalue weighted by molar-refractivity contribution is 9.10. The zero-order chi connectivity index (χ0) is 19.4. The molecule has 1 N–H and O–H groups in total. The second-order valence-corrected chi connectivity index (χ2v) is 9.94. The van der Waals surface area contributed by atoms with Crippen LogP contribution in [0.5, 0.6) is 11.5 Å². The summed E-state index contributed by atoms with van der Waals surface area (Å²) in [6.45, 7) is 1.75. The molecule has 2 heterocycles. The van der Waals surface area contributed by atoms with Gasteiger partial charge in [0.15, 0.2) is 20.8 Å².